The number of hydrogen-bond donors (Lipinski definition) is 2. The minimum absolute atomic E-state index is 0.305. The zero-order chi connectivity index (χ0) is 16.4. The Morgan fingerprint density at radius 1 is 1.25 bits per heavy atom. The monoisotopic (exact) mass is 340 g/mol. The molecule has 1 aliphatic heterocycles. The molecule has 2 N–H and O–H groups in total. The van der Waals surface area contributed by atoms with Gasteiger partial charge in [-0.05, 0) is 43.2 Å². The topological polar surface area (TPSA) is 54.4 Å². The van der Waals surface area contributed by atoms with Gasteiger partial charge in [-0.15, -0.1) is 11.3 Å². The number of ether oxygens (including phenoxy) is 1. The fourth-order valence-corrected chi connectivity index (χ4v) is 3.99. The number of aromatic nitrogens is 1. The Kier molecular flexibility index (Phi) is 4.47. The smallest absolute Gasteiger partial charge is 0.124 e. The Bertz CT molecular complexity index is 807. The van der Waals surface area contributed by atoms with Gasteiger partial charge in [0.05, 0.1) is 16.3 Å². The van der Waals surface area contributed by atoms with Crippen LogP contribution in [0.4, 0.5) is 0 Å². The number of thiazole rings is 1. The van der Waals surface area contributed by atoms with Crippen molar-refractivity contribution in [2.24, 2.45) is 0 Å². The van der Waals surface area contributed by atoms with Crippen molar-refractivity contribution in [3.05, 3.63) is 48.0 Å². The van der Waals surface area contributed by atoms with E-state index in [1.54, 1.807) is 17.4 Å². The van der Waals surface area contributed by atoms with E-state index in [9.17, 15) is 5.11 Å². The molecule has 1 saturated heterocycles. The van der Waals surface area contributed by atoms with Crippen LogP contribution in [0.2, 0.25) is 0 Å². The van der Waals surface area contributed by atoms with Crippen LogP contribution < -0.4 is 5.32 Å². The fourth-order valence-electron chi connectivity index (χ4n) is 3.03. The summed E-state index contributed by atoms with van der Waals surface area (Å²) in [6.07, 6.45) is 2.56. The van der Waals surface area contributed by atoms with Crippen molar-refractivity contribution < 1.29 is 9.84 Å². The Morgan fingerprint density at radius 3 is 3.00 bits per heavy atom. The molecule has 0 aliphatic carbocycles. The largest absolute Gasteiger partial charge is 0.508 e. The van der Waals surface area contributed by atoms with Crippen molar-refractivity contribution in [2.75, 3.05) is 13.2 Å². The predicted molar refractivity (Wildman–Crippen MR) is 97.4 cm³/mol. The number of hydrogen-bond acceptors (Lipinski definition) is 5. The lowest BCUT2D eigenvalue weighted by molar-refractivity contribution is 0.110. The molecular weight excluding hydrogens is 320 g/mol. The molecular formula is C19H20N2O2S. The maximum Gasteiger partial charge on any atom is 0.124 e. The number of phenols is 1. The van der Waals surface area contributed by atoms with E-state index in [0.717, 1.165) is 47.6 Å². The van der Waals surface area contributed by atoms with Crippen LogP contribution in [0.5, 0.6) is 5.75 Å². The Balaban J connectivity index is 1.51. The number of para-hydroxylation sites is 1. The molecule has 24 heavy (non-hydrogen) atoms. The van der Waals surface area contributed by atoms with Gasteiger partial charge in [0.15, 0.2) is 0 Å². The number of nitrogens with zero attached hydrogens (tertiary/aromatic N) is 1. The lowest BCUT2D eigenvalue weighted by Crippen LogP contribution is -2.25. The summed E-state index contributed by atoms with van der Waals surface area (Å²) in [5.41, 5.74) is 2.95. The number of aromatic hydroxyl groups is 1. The first-order valence-corrected chi connectivity index (χ1v) is 9.11. The molecule has 0 amide bonds. The van der Waals surface area contributed by atoms with Crippen LogP contribution in [0.3, 0.4) is 0 Å². The van der Waals surface area contributed by atoms with E-state index in [-0.39, 0.29) is 0 Å². The molecule has 2 aromatic carbocycles. The van der Waals surface area contributed by atoms with E-state index in [2.05, 4.69) is 11.4 Å². The average Bonchev–Trinajstić information content (AvgIpc) is 3.25. The van der Waals surface area contributed by atoms with E-state index in [1.807, 2.05) is 30.3 Å². The highest BCUT2D eigenvalue weighted by Gasteiger charge is 2.15. The minimum Gasteiger partial charge on any atom is -0.508 e. The van der Waals surface area contributed by atoms with Gasteiger partial charge >= 0.3 is 0 Å². The highest BCUT2D eigenvalue weighted by atomic mass is 32.1. The maximum absolute atomic E-state index is 10.1. The molecule has 5 heteroatoms. The molecule has 0 unspecified atom stereocenters. The first kappa shape index (κ1) is 15.6. The Hall–Kier alpha value is -1.95. The zero-order valence-corrected chi connectivity index (χ0v) is 14.2. The first-order chi connectivity index (χ1) is 11.8. The van der Waals surface area contributed by atoms with Crippen LogP contribution in [-0.2, 0) is 11.3 Å². The van der Waals surface area contributed by atoms with E-state index in [0.29, 0.717) is 18.4 Å². The summed E-state index contributed by atoms with van der Waals surface area (Å²) in [6.45, 7) is 2.32. The summed E-state index contributed by atoms with van der Waals surface area (Å²) in [5, 5.41) is 14.5. The van der Waals surface area contributed by atoms with Crippen LogP contribution in [-0.4, -0.2) is 29.3 Å². The van der Waals surface area contributed by atoms with Crippen LogP contribution in [0.1, 0.15) is 18.4 Å². The molecule has 0 radical (unpaired) electrons. The van der Waals surface area contributed by atoms with Crippen LogP contribution in [0, 0.1) is 0 Å². The second kappa shape index (κ2) is 6.89. The van der Waals surface area contributed by atoms with Gasteiger partial charge in [0.2, 0.25) is 0 Å². The SMILES string of the molecule is Oc1ccc(-c2nc3ccccc3s2)cc1CNC[C@H]1CCCO1. The van der Waals surface area contributed by atoms with E-state index in [4.69, 9.17) is 9.72 Å². The van der Waals surface area contributed by atoms with E-state index >= 15 is 0 Å². The lowest BCUT2D eigenvalue weighted by atomic mass is 10.1. The van der Waals surface area contributed by atoms with Crippen molar-refractivity contribution in [3.8, 4) is 16.3 Å². The molecule has 124 valence electrons. The summed E-state index contributed by atoms with van der Waals surface area (Å²) in [6, 6.07) is 13.8. The quantitative estimate of drug-likeness (QED) is 0.739. The van der Waals surface area contributed by atoms with Crippen molar-refractivity contribution in [3.63, 3.8) is 0 Å². The second-order valence-corrected chi connectivity index (χ2v) is 7.13. The molecule has 4 rings (SSSR count). The molecule has 0 saturated carbocycles. The van der Waals surface area contributed by atoms with Crippen molar-refractivity contribution in [1.82, 2.24) is 10.3 Å². The summed E-state index contributed by atoms with van der Waals surface area (Å²) in [7, 11) is 0. The highest BCUT2D eigenvalue weighted by molar-refractivity contribution is 7.21. The molecule has 1 aliphatic rings. The molecule has 0 spiro atoms. The van der Waals surface area contributed by atoms with Crippen LogP contribution in [0.25, 0.3) is 20.8 Å². The third kappa shape index (κ3) is 3.29. The first-order valence-electron chi connectivity index (χ1n) is 8.30. The minimum atomic E-state index is 0.305. The van der Waals surface area contributed by atoms with Gasteiger partial charge in [0, 0.05) is 30.8 Å². The number of nitrogens with one attached hydrogen (secondary N) is 1. The number of rotatable bonds is 5. The summed E-state index contributed by atoms with van der Waals surface area (Å²) >= 11 is 1.68. The zero-order valence-electron chi connectivity index (χ0n) is 13.4. The standard InChI is InChI=1S/C19H20N2O2S/c22-17-8-7-13(19-21-16-5-1-2-6-18(16)24-19)10-14(17)11-20-12-15-4-3-9-23-15/h1-2,5-8,10,15,20,22H,3-4,9,11-12H2/t15-/m1/s1. The maximum atomic E-state index is 10.1. The summed E-state index contributed by atoms with van der Waals surface area (Å²) in [4.78, 5) is 4.69. The van der Waals surface area contributed by atoms with Gasteiger partial charge in [-0.2, -0.15) is 0 Å². The molecule has 1 atom stereocenters. The molecule has 2 heterocycles. The van der Waals surface area contributed by atoms with Crippen molar-refractivity contribution in [1.29, 1.82) is 0 Å². The fraction of sp³-hybridized carbons (Fsp3) is 0.316. The summed E-state index contributed by atoms with van der Waals surface area (Å²) < 4.78 is 6.79. The van der Waals surface area contributed by atoms with E-state index in [1.165, 1.54) is 4.70 Å². The molecule has 0 bridgehead atoms. The Labute approximate surface area is 145 Å². The average molecular weight is 340 g/mol. The second-order valence-electron chi connectivity index (χ2n) is 6.10. The van der Waals surface area contributed by atoms with Crippen molar-refractivity contribution >= 4 is 21.6 Å². The predicted octanol–water partition coefficient (Wildman–Crippen LogP) is 3.94. The number of phenolic OH excluding ortho intramolecular Hbond substituents is 1. The highest BCUT2D eigenvalue weighted by Crippen LogP contribution is 2.32. The summed E-state index contributed by atoms with van der Waals surface area (Å²) in [5.74, 6) is 0.319. The molecule has 1 aromatic heterocycles. The number of benzene rings is 2. The van der Waals surface area contributed by atoms with Gasteiger partial charge in [-0.25, -0.2) is 4.98 Å². The van der Waals surface area contributed by atoms with Gasteiger partial charge in [-0.3, -0.25) is 0 Å². The Morgan fingerprint density at radius 2 is 2.17 bits per heavy atom. The molecule has 1 fully saturated rings. The van der Waals surface area contributed by atoms with E-state index < -0.39 is 0 Å². The molecule has 3 aromatic rings. The third-order valence-corrected chi connectivity index (χ3v) is 5.42. The lowest BCUT2D eigenvalue weighted by Gasteiger charge is -2.12. The molecule has 4 nitrogen and oxygen atoms in total. The van der Waals surface area contributed by atoms with Crippen LogP contribution in [0.15, 0.2) is 42.5 Å². The van der Waals surface area contributed by atoms with Gasteiger partial charge in [0.1, 0.15) is 10.8 Å². The number of fused-ring (bicyclic) bond motifs is 1. The van der Waals surface area contributed by atoms with Crippen molar-refractivity contribution in [2.45, 2.75) is 25.5 Å². The van der Waals surface area contributed by atoms with Crippen LogP contribution >= 0.6 is 11.3 Å². The van der Waals surface area contributed by atoms with Gasteiger partial charge < -0.3 is 15.2 Å². The third-order valence-electron chi connectivity index (χ3n) is 4.33. The van der Waals surface area contributed by atoms with Gasteiger partial charge in [0.25, 0.3) is 0 Å². The van der Waals surface area contributed by atoms with Gasteiger partial charge in [-0.1, -0.05) is 12.1 Å². The normalized spacial score (nSPS) is 17.6.